The van der Waals surface area contributed by atoms with E-state index in [0.29, 0.717) is 12.0 Å². The third-order valence-corrected chi connectivity index (χ3v) is 3.85. The summed E-state index contributed by atoms with van der Waals surface area (Å²) in [6.45, 7) is 5.22. The van der Waals surface area contributed by atoms with Crippen molar-refractivity contribution in [2.45, 2.75) is 45.2 Å². The highest BCUT2D eigenvalue weighted by molar-refractivity contribution is 5.42. The van der Waals surface area contributed by atoms with Crippen LogP contribution in [0.2, 0.25) is 0 Å². The van der Waals surface area contributed by atoms with Gasteiger partial charge >= 0.3 is 0 Å². The first-order valence-electron chi connectivity index (χ1n) is 7.63. The molecule has 3 rings (SSSR count). The zero-order chi connectivity index (χ0) is 14.8. The average Bonchev–Trinajstić information content (AvgIpc) is 3.24. The van der Waals surface area contributed by atoms with Crippen LogP contribution >= 0.6 is 0 Å². The van der Waals surface area contributed by atoms with Gasteiger partial charge in [-0.25, -0.2) is 4.68 Å². The van der Waals surface area contributed by atoms with E-state index in [-0.39, 0.29) is 0 Å². The number of nitrogens with zero attached hydrogens (tertiary/aromatic N) is 2. The summed E-state index contributed by atoms with van der Waals surface area (Å²) in [5, 5.41) is 8.12. The van der Waals surface area contributed by atoms with Crippen molar-refractivity contribution in [3.8, 4) is 11.4 Å². The number of nitrogens with one attached hydrogen (secondary N) is 1. The van der Waals surface area contributed by atoms with Gasteiger partial charge in [-0.15, -0.1) is 0 Å². The maximum absolute atomic E-state index is 5.32. The van der Waals surface area contributed by atoms with E-state index in [1.54, 1.807) is 7.11 Å². The molecule has 1 fully saturated rings. The van der Waals surface area contributed by atoms with Crippen molar-refractivity contribution >= 4 is 0 Å². The minimum atomic E-state index is 0.484. The first kappa shape index (κ1) is 14.1. The second-order valence-electron chi connectivity index (χ2n) is 5.98. The lowest BCUT2D eigenvalue weighted by molar-refractivity contribution is 0.414. The molecule has 1 aliphatic rings. The van der Waals surface area contributed by atoms with E-state index in [1.807, 2.05) is 24.4 Å². The molecule has 112 valence electrons. The van der Waals surface area contributed by atoms with Crippen LogP contribution in [0.25, 0.3) is 5.69 Å². The van der Waals surface area contributed by atoms with E-state index in [0.717, 1.165) is 18.0 Å². The summed E-state index contributed by atoms with van der Waals surface area (Å²) >= 11 is 0. The Morgan fingerprint density at radius 2 is 2.19 bits per heavy atom. The highest BCUT2D eigenvalue weighted by atomic mass is 16.5. The molecule has 0 aliphatic heterocycles. The van der Waals surface area contributed by atoms with Crippen LogP contribution in [0.4, 0.5) is 0 Å². The molecule has 0 spiro atoms. The Morgan fingerprint density at radius 3 is 2.86 bits per heavy atom. The molecule has 1 N–H and O–H groups in total. The van der Waals surface area contributed by atoms with Gasteiger partial charge in [0, 0.05) is 30.1 Å². The Balaban J connectivity index is 1.94. The minimum absolute atomic E-state index is 0.484. The normalized spacial score (nSPS) is 14.7. The fourth-order valence-corrected chi connectivity index (χ4v) is 2.58. The van der Waals surface area contributed by atoms with E-state index < -0.39 is 0 Å². The maximum atomic E-state index is 5.32. The summed E-state index contributed by atoms with van der Waals surface area (Å²) in [6.07, 6.45) is 4.54. The topological polar surface area (TPSA) is 39.1 Å². The molecule has 1 saturated carbocycles. The van der Waals surface area contributed by atoms with Crippen LogP contribution in [0.3, 0.4) is 0 Å². The van der Waals surface area contributed by atoms with Gasteiger partial charge in [-0.2, -0.15) is 5.10 Å². The van der Waals surface area contributed by atoms with E-state index in [2.05, 4.69) is 35.0 Å². The zero-order valence-electron chi connectivity index (χ0n) is 13.0. The predicted molar refractivity (Wildman–Crippen MR) is 84.1 cm³/mol. The quantitative estimate of drug-likeness (QED) is 0.885. The van der Waals surface area contributed by atoms with Crippen LogP contribution in [0.15, 0.2) is 30.5 Å². The van der Waals surface area contributed by atoms with Crippen LogP contribution in [0, 0.1) is 0 Å². The van der Waals surface area contributed by atoms with Gasteiger partial charge in [-0.3, -0.25) is 0 Å². The van der Waals surface area contributed by atoms with Crippen molar-refractivity contribution in [3.63, 3.8) is 0 Å². The molecule has 21 heavy (non-hydrogen) atoms. The highest BCUT2D eigenvalue weighted by Crippen LogP contribution is 2.42. The Labute approximate surface area is 126 Å². The molecule has 0 bridgehead atoms. The molecule has 1 heterocycles. The summed E-state index contributed by atoms with van der Waals surface area (Å²) in [6, 6.07) is 8.58. The highest BCUT2D eigenvalue weighted by Gasteiger charge is 2.30. The molecular weight excluding hydrogens is 262 g/mol. The second kappa shape index (κ2) is 5.90. The van der Waals surface area contributed by atoms with Gasteiger partial charge in [-0.1, -0.05) is 19.9 Å². The Morgan fingerprint density at radius 1 is 1.38 bits per heavy atom. The number of ether oxygens (including phenoxy) is 1. The number of rotatable bonds is 6. The van der Waals surface area contributed by atoms with Gasteiger partial charge in [0.05, 0.1) is 24.7 Å². The fraction of sp³-hybridized carbons (Fsp3) is 0.471. The molecule has 0 radical (unpaired) electrons. The summed E-state index contributed by atoms with van der Waals surface area (Å²) < 4.78 is 7.41. The van der Waals surface area contributed by atoms with E-state index in [4.69, 9.17) is 4.74 Å². The van der Waals surface area contributed by atoms with Crippen molar-refractivity contribution in [2.24, 2.45) is 0 Å². The molecule has 4 nitrogen and oxygen atoms in total. The largest absolute Gasteiger partial charge is 0.497 e. The Hall–Kier alpha value is -1.81. The standard InChI is InChI=1S/C17H23N3O/c1-12(2)18-10-14-11-19-20(17(14)13-7-8-13)15-5-4-6-16(9-15)21-3/h4-6,9,11-13,18H,7-8,10H2,1-3H3. The molecule has 1 aromatic carbocycles. The van der Waals surface area contributed by atoms with Crippen LogP contribution in [0.1, 0.15) is 43.9 Å². The Kier molecular flexibility index (Phi) is 3.97. The number of benzene rings is 1. The van der Waals surface area contributed by atoms with Crippen molar-refractivity contribution in [2.75, 3.05) is 7.11 Å². The van der Waals surface area contributed by atoms with E-state index in [1.165, 1.54) is 24.1 Å². The summed E-state index contributed by atoms with van der Waals surface area (Å²) in [5.41, 5.74) is 3.75. The maximum Gasteiger partial charge on any atom is 0.121 e. The van der Waals surface area contributed by atoms with Crippen molar-refractivity contribution in [1.29, 1.82) is 0 Å². The van der Waals surface area contributed by atoms with Gasteiger partial charge in [0.15, 0.2) is 0 Å². The smallest absolute Gasteiger partial charge is 0.121 e. The lowest BCUT2D eigenvalue weighted by Gasteiger charge is -2.12. The fourth-order valence-electron chi connectivity index (χ4n) is 2.58. The molecule has 0 amide bonds. The average molecular weight is 285 g/mol. The Bertz CT molecular complexity index is 614. The number of aromatic nitrogens is 2. The van der Waals surface area contributed by atoms with E-state index in [9.17, 15) is 0 Å². The number of hydrogen-bond donors (Lipinski definition) is 1. The molecule has 0 saturated heterocycles. The number of methoxy groups -OCH3 is 1. The second-order valence-corrected chi connectivity index (χ2v) is 5.98. The van der Waals surface area contributed by atoms with E-state index >= 15 is 0 Å². The third-order valence-electron chi connectivity index (χ3n) is 3.85. The molecule has 2 aromatic rings. The van der Waals surface area contributed by atoms with Gasteiger partial charge in [-0.05, 0) is 25.0 Å². The zero-order valence-corrected chi connectivity index (χ0v) is 13.0. The van der Waals surface area contributed by atoms with Gasteiger partial charge in [0.1, 0.15) is 5.75 Å². The molecule has 0 unspecified atom stereocenters. The summed E-state index contributed by atoms with van der Waals surface area (Å²) in [7, 11) is 1.70. The van der Waals surface area contributed by atoms with Crippen molar-refractivity contribution < 1.29 is 4.74 Å². The first-order valence-corrected chi connectivity index (χ1v) is 7.63. The summed E-state index contributed by atoms with van der Waals surface area (Å²) in [5.74, 6) is 1.52. The van der Waals surface area contributed by atoms with Crippen LogP contribution in [-0.2, 0) is 6.54 Å². The minimum Gasteiger partial charge on any atom is -0.497 e. The molecule has 1 aliphatic carbocycles. The lowest BCUT2D eigenvalue weighted by atomic mass is 10.1. The van der Waals surface area contributed by atoms with Crippen LogP contribution in [0.5, 0.6) is 5.75 Å². The van der Waals surface area contributed by atoms with Gasteiger partial charge < -0.3 is 10.1 Å². The van der Waals surface area contributed by atoms with Gasteiger partial charge in [0.25, 0.3) is 0 Å². The lowest BCUT2D eigenvalue weighted by Crippen LogP contribution is -2.22. The van der Waals surface area contributed by atoms with Crippen molar-refractivity contribution in [3.05, 3.63) is 41.7 Å². The molecule has 1 aromatic heterocycles. The monoisotopic (exact) mass is 285 g/mol. The SMILES string of the molecule is COc1cccc(-n2ncc(CNC(C)C)c2C2CC2)c1. The summed E-state index contributed by atoms with van der Waals surface area (Å²) in [4.78, 5) is 0. The van der Waals surface area contributed by atoms with Crippen molar-refractivity contribution in [1.82, 2.24) is 15.1 Å². The molecule has 0 atom stereocenters. The predicted octanol–water partition coefficient (Wildman–Crippen LogP) is 3.26. The van der Waals surface area contributed by atoms with Gasteiger partial charge in [0.2, 0.25) is 0 Å². The first-order chi connectivity index (χ1) is 10.2. The molecule has 4 heteroatoms. The van der Waals surface area contributed by atoms with Crippen LogP contribution in [-0.4, -0.2) is 22.9 Å². The molecular formula is C17H23N3O. The third kappa shape index (κ3) is 3.10. The van der Waals surface area contributed by atoms with Crippen LogP contribution < -0.4 is 10.1 Å². The number of hydrogen-bond acceptors (Lipinski definition) is 3.